The normalized spacial score (nSPS) is 10.4. The lowest BCUT2D eigenvalue weighted by Gasteiger charge is -2.07. The average molecular weight is 259 g/mol. The van der Waals surface area contributed by atoms with Gasteiger partial charge in [-0.2, -0.15) is 0 Å². The SMILES string of the molecule is CCOC(=O)CCc1ccnc2cc(OC)ccc12. The van der Waals surface area contributed by atoms with Crippen LogP contribution in [0, 0.1) is 0 Å². The van der Waals surface area contributed by atoms with Crippen LogP contribution in [0.25, 0.3) is 10.9 Å². The first-order valence-corrected chi connectivity index (χ1v) is 6.32. The molecule has 0 bridgehead atoms. The van der Waals surface area contributed by atoms with Crippen LogP contribution in [0.5, 0.6) is 5.75 Å². The summed E-state index contributed by atoms with van der Waals surface area (Å²) < 4.78 is 10.1. The summed E-state index contributed by atoms with van der Waals surface area (Å²) in [5.74, 6) is 0.614. The average Bonchev–Trinajstić information content (AvgIpc) is 2.44. The number of aryl methyl sites for hydroxylation is 1. The molecule has 1 aromatic carbocycles. The Morgan fingerprint density at radius 3 is 2.89 bits per heavy atom. The molecule has 0 saturated carbocycles. The zero-order chi connectivity index (χ0) is 13.7. The lowest BCUT2D eigenvalue weighted by atomic mass is 10.0. The second kappa shape index (κ2) is 6.18. The molecule has 1 aromatic heterocycles. The van der Waals surface area contributed by atoms with Crippen molar-refractivity contribution < 1.29 is 14.3 Å². The van der Waals surface area contributed by atoms with Crippen LogP contribution in [-0.4, -0.2) is 24.7 Å². The van der Waals surface area contributed by atoms with Crippen LogP contribution in [0.1, 0.15) is 18.9 Å². The smallest absolute Gasteiger partial charge is 0.306 e. The van der Waals surface area contributed by atoms with E-state index < -0.39 is 0 Å². The van der Waals surface area contributed by atoms with E-state index in [1.165, 1.54) is 0 Å². The van der Waals surface area contributed by atoms with E-state index in [1.54, 1.807) is 13.3 Å². The summed E-state index contributed by atoms with van der Waals surface area (Å²) >= 11 is 0. The van der Waals surface area contributed by atoms with Crippen molar-refractivity contribution in [1.82, 2.24) is 4.98 Å². The van der Waals surface area contributed by atoms with Crippen LogP contribution in [0.15, 0.2) is 30.5 Å². The third-order valence-corrected chi connectivity index (χ3v) is 2.94. The maximum Gasteiger partial charge on any atom is 0.306 e. The number of ether oxygens (including phenoxy) is 2. The van der Waals surface area contributed by atoms with Crippen molar-refractivity contribution in [3.8, 4) is 5.75 Å². The number of rotatable bonds is 5. The molecule has 0 amide bonds. The molecular formula is C15H17NO3. The van der Waals surface area contributed by atoms with Gasteiger partial charge in [0.05, 0.1) is 19.2 Å². The molecule has 0 aliphatic heterocycles. The van der Waals surface area contributed by atoms with Crippen molar-refractivity contribution in [2.45, 2.75) is 19.8 Å². The van der Waals surface area contributed by atoms with Gasteiger partial charge in [0, 0.05) is 24.1 Å². The molecule has 0 N–H and O–H groups in total. The molecule has 2 rings (SSSR count). The number of methoxy groups -OCH3 is 1. The Morgan fingerprint density at radius 1 is 1.32 bits per heavy atom. The number of carbonyl (C=O) groups is 1. The second-order valence-electron chi connectivity index (χ2n) is 4.16. The highest BCUT2D eigenvalue weighted by Gasteiger charge is 2.07. The Balaban J connectivity index is 2.21. The zero-order valence-electron chi connectivity index (χ0n) is 11.2. The highest BCUT2D eigenvalue weighted by Crippen LogP contribution is 2.22. The molecule has 4 nitrogen and oxygen atoms in total. The molecule has 0 unspecified atom stereocenters. The first kappa shape index (κ1) is 13.3. The molecule has 1 heterocycles. The molecule has 0 saturated heterocycles. The highest BCUT2D eigenvalue weighted by atomic mass is 16.5. The largest absolute Gasteiger partial charge is 0.497 e. The number of carbonyl (C=O) groups excluding carboxylic acids is 1. The van der Waals surface area contributed by atoms with Crippen LogP contribution in [-0.2, 0) is 16.0 Å². The predicted octanol–water partition coefficient (Wildman–Crippen LogP) is 2.74. The van der Waals surface area contributed by atoms with E-state index in [4.69, 9.17) is 9.47 Å². The Bertz CT molecular complexity index is 581. The summed E-state index contributed by atoms with van der Waals surface area (Å²) in [5, 5.41) is 1.05. The van der Waals surface area contributed by atoms with Crippen LogP contribution in [0.3, 0.4) is 0 Å². The number of benzene rings is 1. The fraction of sp³-hybridized carbons (Fsp3) is 0.333. The number of esters is 1. The molecule has 0 aliphatic carbocycles. The molecule has 100 valence electrons. The van der Waals surface area contributed by atoms with Gasteiger partial charge in [0.2, 0.25) is 0 Å². The van der Waals surface area contributed by atoms with Gasteiger partial charge in [0.25, 0.3) is 0 Å². The minimum absolute atomic E-state index is 0.166. The minimum Gasteiger partial charge on any atom is -0.497 e. The van der Waals surface area contributed by atoms with Crippen molar-refractivity contribution in [2.75, 3.05) is 13.7 Å². The van der Waals surface area contributed by atoms with Gasteiger partial charge < -0.3 is 9.47 Å². The zero-order valence-corrected chi connectivity index (χ0v) is 11.2. The van der Waals surface area contributed by atoms with E-state index in [9.17, 15) is 4.79 Å². The first-order valence-electron chi connectivity index (χ1n) is 6.32. The van der Waals surface area contributed by atoms with E-state index >= 15 is 0 Å². The van der Waals surface area contributed by atoms with Crippen LogP contribution < -0.4 is 4.74 Å². The van der Waals surface area contributed by atoms with Crippen LogP contribution in [0.4, 0.5) is 0 Å². The standard InChI is InChI=1S/C15H17NO3/c1-3-19-15(17)7-4-11-8-9-16-14-10-12(18-2)5-6-13(11)14/h5-6,8-10H,3-4,7H2,1-2H3. The van der Waals surface area contributed by atoms with Gasteiger partial charge in [-0.25, -0.2) is 0 Å². The lowest BCUT2D eigenvalue weighted by molar-refractivity contribution is -0.143. The van der Waals surface area contributed by atoms with E-state index in [2.05, 4.69) is 4.98 Å². The number of fused-ring (bicyclic) bond motifs is 1. The number of hydrogen-bond donors (Lipinski definition) is 0. The minimum atomic E-state index is -0.166. The quantitative estimate of drug-likeness (QED) is 0.775. The van der Waals surface area contributed by atoms with Crippen molar-refractivity contribution in [3.05, 3.63) is 36.0 Å². The summed E-state index contributed by atoms with van der Waals surface area (Å²) in [6, 6.07) is 7.71. The maximum absolute atomic E-state index is 11.4. The molecule has 0 aliphatic rings. The fourth-order valence-corrected chi connectivity index (χ4v) is 2.00. The Morgan fingerprint density at radius 2 is 2.16 bits per heavy atom. The lowest BCUT2D eigenvalue weighted by Crippen LogP contribution is -2.05. The topological polar surface area (TPSA) is 48.4 Å². The van der Waals surface area contributed by atoms with Crippen molar-refractivity contribution in [2.24, 2.45) is 0 Å². The Labute approximate surface area is 112 Å². The van der Waals surface area contributed by atoms with Gasteiger partial charge in [-0.3, -0.25) is 9.78 Å². The molecule has 4 heteroatoms. The van der Waals surface area contributed by atoms with Gasteiger partial charge in [-0.05, 0) is 37.1 Å². The van der Waals surface area contributed by atoms with Crippen LogP contribution >= 0.6 is 0 Å². The molecule has 0 atom stereocenters. The van der Waals surface area contributed by atoms with Crippen molar-refractivity contribution >= 4 is 16.9 Å². The molecule has 2 aromatic rings. The van der Waals surface area contributed by atoms with Gasteiger partial charge in [0.1, 0.15) is 5.75 Å². The first-order chi connectivity index (χ1) is 9.24. The summed E-state index contributed by atoms with van der Waals surface area (Å²) in [6.45, 7) is 2.24. The van der Waals surface area contributed by atoms with E-state index in [-0.39, 0.29) is 5.97 Å². The van der Waals surface area contributed by atoms with Crippen molar-refractivity contribution in [3.63, 3.8) is 0 Å². The summed E-state index contributed by atoms with van der Waals surface area (Å²) in [5.41, 5.74) is 1.97. The van der Waals surface area contributed by atoms with Gasteiger partial charge in [-0.15, -0.1) is 0 Å². The molecule has 0 fully saturated rings. The van der Waals surface area contributed by atoms with Crippen molar-refractivity contribution in [1.29, 1.82) is 0 Å². The number of nitrogens with zero attached hydrogens (tertiary/aromatic N) is 1. The summed E-state index contributed by atoms with van der Waals surface area (Å²) in [6.07, 6.45) is 2.80. The number of hydrogen-bond acceptors (Lipinski definition) is 4. The molecule has 0 radical (unpaired) electrons. The monoisotopic (exact) mass is 259 g/mol. The number of aromatic nitrogens is 1. The second-order valence-corrected chi connectivity index (χ2v) is 4.16. The Hall–Kier alpha value is -2.10. The van der Waals surface area contributed by atoms with E-state index in [0.29, 0.717) is 19.4 Å². The number of pyridine rings is 1. The van der Waals surface area contributed by atoms with Gasteiger partial charge in [-0.1, -0.05) is 0 Å². The van der Waals surface area contributed by atoms with Gasteiger partial charge >= 0.3 is 5.97 Å². The fourth-order valence-electron chi connectivity index (χ4n) is 2.00. The highest BCUT2D eigenvalue weighted by molar-refractivity contribution is 5.83. The van der Waals surface area contributed by atoms with E-state index in [1.807, 2.05) is 31.2 Å². The Kier molecular flexibility index (Phi) is 4.34. The third kappa shape index (κ3) is 3.22. The van der Waals surface area contributed by atoms with Crippen LogP contribution in [0.2, 0.25) is 0 Å². The molecule has 0 spiro atoms. The molecule has 19 heavy (non-hydrogen) atoms. The summed E-state index contributed by atoms with van der Waals surface area (Å²) in [7, 11) is 1.63. The van der Waals surface area contributed by atoms with Gasteiger partial charge in [0.15, 0.2) is 0 Å². The summed E-state index contributed by atoms with van der Waals surface area (Å²) in [4.78, 5) is 15.7. The maximum atomic E-state index is 11.4. The predicted molar refractivity (Wildman–Crippen MR) is 73.2 cm³/mol. The van der Waals surface area contributed by atoms with E-state index in [0.717, 1.165) is 22.2 Å². The molecular weight excluding hydrogens is 242 g/mol. The third-order valence-electron chi connectivity index (χ3n) is 2.94.